The highest BCUT2D eigenvalue weighted by atomic mass is 32.1. The van der Waals surface area contributed by atoms with Crippen molar-refractivity contribution in [2.75, 3.05) is 25.6 Å². The third-order valence-corrected chi connectivity index (χ3v) is 12.5. The van der Waals surface area contributed by atoms with Crippen LogP contribution in [0.15, 0.2) is 87.1 Å². The van der Waals surface area contributed by atoms with Crippen molar-refractivity contribution in [3.05, 3.63) is 122 Å². The summed E-state index contributed by atoms with van der Waals surface area (Å²) in [6.45, 7) is 7.73. The summed E-state index contributed by atoms with van der Waals surface area (Å²) in [6.07, 6.45) is 5.08. The van der Waals surface area contributed by atoms with Crippen molar-refractivity contribution in [3.8, 4) is 5.75 Å². The van der Waals surface area contributed by atoms with E-state index in [4.69, 9.17) is 23.7 Å². The standard InChI is InChI=1S/C45H49FN6O7S/c1-7-57-42(53)37-36(34-24-26-21-22-47-40(39(26)60-34)49-30-20-18-29-28(30)10-8-12-33(29)56-6)35(41-50-59-43(54)51(41)5)31(19-15-25-13-16-27(46)17-14-25)48-38(37)32-11-9-23-52(32)44(55)58-45(2,3)4/h8,10,12-14,16-17,21-22,24,30,32,36,48H,7,9,11,15,18-20,23H2,1-6H3,(H,47,49)/t30-,32-,36?/m1/s1. The normalized spacial score (nSPS) is 19.1. The first kappa shape index (κ1) is 40.8. The van der Waals surface area contributed by atoms with E-state index in [1.807, 2.05) is 45.0 Å². The molecule has 0 spiro atoms. The highest BCUT2D eigenvalue weighted by molar-refractivity contribution is 7.19. The summed E-state index contributed by atoms with van der Waals surface area (Å²) in [6, 6.07) is 15.8. The second kappa shape index (κ2) is 16.6. The number of benzene rings is 2. The van der Waals surface area contributed by atoms with E-state index in [0.29, 0.717) is 60.6 Å². The largest absolute Gasteiger partial charge is 0.496 e. The van der Waals surface area contributed by atoms with Gasteiger partial charge in [-0.05, 0) is 119 Å². The second-order valence-electron chi connectivity index (χ2n) is 16.3. The molecule has 8 rings (SSSR count). The number of amides is 1. The number of aryl methyl sites for hydroxylation is 1. The molecule has 2 N–H and O–H groups in total. The van der Waals surface area contributed by atoms with Crippen LogP contribution in [0.3, 0.4) is 0 Å². The predicted molar refractivity (Wildman–Crippen MR) is 226 cm³/mol. The van der Waals surface area contributed by atoms with Gasteiger partial charge in [0.2, 0.25) is 0 Å². The number of aromatic nitrogens is 3. The van der Waals surface area contributed by atoms with E-state index in [-0.39, 0.29) is 24.3 Å². The van der Waals surface area contributed by atoms with Crippen LogP contribution >= 0.6 is 11.3 Å². The molecule has 3 atom stereocenters. The Hall–Kier alpha value is -5.96. The maximum Gasteiger partial charge on any atom is 0.441 e. The molecule has 1 aliphatic carbocycles. The lowest BCUT2D eigenvalue weighted by molar-refractivity contribution is -0.138. The van der Waals surface area contributed by atoms with Gasteiger partial charge in [0.15, 0.2) is 5.82 Å². The maximum atomic E-state index is 14.7. The average Bonchev–Trinajstić information content (AvgIpc) is 4.04. The van der Waals surface area contributed by atoms with Crippen molar-refractivity contribution < 1.29 is 32.7 Å². The fraction of sp³-hybridized carbons (Fsp3) is 0.400. The van der Waals surface area contributed by atoms with Crippen LogP contribution in [0, 0.1) is 5.82 Å². The average molecular weight is 837 g/mol. The van der Waals surface area contributed by atoms with Crippen LogP contribution in [0.25, 0.3) is 15.7 Å². The van der Waals surface area contributed by atoms with Gasteiger partial charge < -0.3 is 24.8 Å². The summed E-state index contributed by atoms with van der Waals surface area (Å²) >= 11 is 1.48. The Kier molecular flexibility index (Phi) is 11.3. The first-order valence-electron chi connectivity index (χ1n) is 20.3. The number of halogens is 1. The molecule has 2 aliphatic heterocycles. The van der Waals surface area contributed by atoms with Crippen LogP contribution in [0.2, 0.25) is 0 Å². The number of nitrogens with one attached hydrogen (secondary N) is 2. The molecule has 5 aromatic rings. The van der Waals surface area contributed by atoms with Crippen molar-refractivity contribution in [3.63, 3.8) is 0 Å². The van der Waals surface area contributed by atoms with E-state index in [0.717, 1.165) is 44.7 Å². The highest BCUT2D eigenvalue weighted by Crippen LogP contribution is 2.50. The molecular weight excluding hydrogens is 788 g/mol. The zero-order chi connectivity index (χ0) is 42.3. The third-order valence-electron chi connectivity index (χ3n) is 11.3. The highest BCUT2D eigenvalue weighted by Gasteiger charge is 2.45. The van der Waals surface area contributed by atoms with Gasteiger partial charge in [0.25, 0.3) is 0 Å². The number of anilines is 1. The number of fused-ring (bicyclic) bond motifs is 2. The van der Waals surface area contributed by atoms with Crippen molar-refractivity contribution in [1.82, 2.24) is 24.9 Å². The summed E-state index contributed by atoms with van der Waals surface area (Å²) in [4.78, 5) is 48.8. The number of hydrogen-bond donors (Lipinski definition) is 2. The molecule has 0 bridgehead atoms. The maximum absolute atomic E-state index is 14.7. The van der Waals surface area contributed by atoms with Gasteiger partial charge in [0, 0.05) is 41.6 Å². The number of rotatable bonds is 11. The molecule has 15 heteroatoms. The molecular formula is C45H49FN6O7S. The minimum Gasteiger partial charge on any atom is -0.496 e. The number of carbonyl (C=O) groups excluding carboxylic acids is 2. The van der Waals surface area contributed by atoms with Gasteiger partial charge in [-0.2, -0.15) is 0 Å². The summed E-state index contributed by atoms with van der Waals surface area (Å²) in [5.41, 5.74) is 4.48. The van der Waals surface area contributed by atoms with E-state index in [2.05, 4.69) is 21.9 Å². The quantitative estimate of drug-likeness (QED) is 0.124. The van der Waals surface area contributed by atoms with E-state index in [1.165, 1.54) is 33.6 Å². The number of likely N-dealkylation sites (tertiary alicyclic amines) is 1. The zero-order valence-electron chi connectivity index (χ0n) is 34.6. The van der Waals surface area contributed by atoms with Crippen molar-refractivity contribution in [2.45, 2.75) is 89.8 Å². The third kappa shape index (κ3) is 7.89. The number of nitrogens with zero attached hydrogens (tertiary/aromatic N) is 4. The molecule has 2 aromatic carbocycles. The van der Waals surface area contributed by atoms with Crippen LogP contribution in [0.5, 0.6) is 5.75 Å². The number of pyridine rings is 1. The number of allylic oxidation sites excluding steroid dienone is 2. The van der Waals surface area contributed by atoms with Crippen molar-refractivity contribution in [2.24, 2.45) is 7.05 Å². The van der Waals surface area contributed by atoms with Crippen molar-refractivity contribution in [1.29, 1.82) is 0 Å². The van der Waals surface area contributed by atoms with E-state index < -0.39 is 35.4 Å². The van der Waals surface area contributed by atoms with E-state index in [9.17, 15) is 18.8 Å². The summed E-state index contributed by atoms with van der Waals surface area (Å²) in [5.74, 6) is -0.627. The van der Waals surface area contributed by atoms with Gasteiger partial charge in [-0.15, -0.1) is 11.3 Å². The smallest absolute Gasteiger partial charge is 0.441 e. The fourth-order valence-corrected chi connectivity index (χ4v) is 9.85. The topological polar surface area (TPSA) is 150 Å². The predicted octanol–water partition coefficient (Wildman–Crippen LogP) is 8.18. The molecule has 60 heavy (non-hydrogen) atoms. The number of carbonyl (C=O) groups is 2. The van der Waals surface area contributed by atoms with Gasteiger partial charge >= 0.3 is 17.8 Å². The number of hydrogen-bond acceptors (Lipinski definition) is 12. The molecule has 1 unspecified atom stereocenters. The molecule has 1 amide bonds. The number of esters is 1. The Bertz CT molecular complexity index is 2570. The Labute approximate surface area is 351 Å². The van der Waals surface area contributed by atoms with Crippen LogP contribution in [-0.4, -0.2) is 63.6 Å². The lowest BCUT2D eigenvalue weighted by atomic mass is 9.80. The van der Waals surface area contributed by atoms with E-state index in [1.54, 1.807) is 44.3 Å². The van der Waals surface area contributed by atoms with Gasteiger partial charge in [-0.3, -0.25) is 14.0 Å². The molecule has 5 heterocycles. The number of ether oxygens (including phenoxy) is 3. The van der Waals surface area contributed by atoms with Crippen LogP contribution in [-0.2, 0) is 34.2 Å². The molecule has 0 radical (unpaired) electrons. The van der Waals surface area contributed by atoms with E-state index >= 15 is 0 Å². The SMILES string of the molecule is CCOC(=O)C1=C([C@H]2CCCN2C(=O)OC(C)(C)C)NC(CCc2ccc(F)cc2)=C(c2noc(=O)n2C)C1c1cc2ccnc(N[C@@H]3CCc4c(OC)cccc43)c2s1. The number of methoxy groups -OCH3 is 1. The summed E-state index contributed by atoms with van der Waals surface area (Å²) in [7, 11) is 3.26. The van der Waals surface area contributed by atoms with Crippen LogP contribution < -0.4 is 21.1 Å². The Morgan fingerprint density at radius 1 is 1.10 bits per heavy atom. The summed E-state index contributed by atoms with van der Waals surface area (Å²) < 4.78 is 38.9. The minimum absolute atomic E-state index is 0.00129. The van der Waals surface area contributed by atoms with Gasteiger partial charge in [0.1, 0.15) is 23.0 Å². The number of dihydropyridines is 1. The van der Waals surface area contributed by atoms with Crippen molar-refractivity contribution >= 4 is 44.9 Å². The molecule has 13 nitrogen and oxygen atoms in total. The molecule has 3 aromatic heterocycles. The monoisotopic (exact) mass is 836 g/mol. The van der Waals surface area contributed by atoms with Gasteiger partial charge in [-0.25, -0.2) is 23.8 Å². The minimum atomic E-state index is -0.831. The lowest BCUT2D eigenvalue weighted by Crippen LogP contribution is -2.45. The van der Waals surface area contributed by atoms with Crippen LogP contribution in [0.4, 0.5) is 15.0 Å². The van der Waals surface area contributed by atoms with Gasteiger partial charge in [0.05, 0.1) is 42.0 Å². The Balaban J connectivity index is 1.32. The zero-order valence-corrected chi connectivity index (χ0v) is 35.4. The first-order chi connectivity index (χ1) is 28.8. The molecule has 1 fully saturated rings. The Morgan fingerprint density at radius 2 is 1.90 bits per heavy atom. The Morgan fingerprint density at radius 3 is 2.62 bits per heavy atom. The molecule has 314 valence electrons. The molecule has 1 saturated heterocycles. The van der Waals surface area contributed by atoms with Crippen LogP contribution in [0.1, 0.15) is 92.7 Å². The first-order valence-corrected chi connectivity index (χ1v) is 21.2. The number of thiophene rings is 1. The fourth-order valence-electron chi connectivity index (χ4n) is 8.62. The van der Waals surface area contributed by atoms with Gasteiger partial charge in [-0.1, -0.05) is 29.4 Å². The summed E-state index contributed by atoms with van der Waals surface area (Å²) in [5, 5.41) is 12.5. The molecule has 3 aliphatic rings. The second-order valence-corrected chi connectivity index (χ2v) is 17.4. The molecule has 0 saturated carbocycles. The lowest BCUT2D eigenvalue weighted by Gasteiger charge is -2.37.